The van der Waals surface area contributed by atoms with Crippen molar-refractivity contribution in [2.24, 2.45) is 23.5 Å². The molecule has 3 fully saturated rings. The molecule has 0 aromatic heterocycles. The Morgan fingerprint density at radius 3 is 2.48 bits per heavy atom. The van der Waals surface area contributed by atoms with Crippen molar-refractivity contribution in [3.8, 4) is 0 Å². The maximum atomic E-state index is 12.8. The van der Waals surface area contributed by atoms with Gasteiger partial charge in [0, 0.05) is 18.5 Å². The van der Waals surface area contributed by atoms with Gasteiger partial charge < -0.3 is 20.5 Å². The predicted molar refractivity (Wildman–Crippen MR) is 98.0 cm³/mol. The summed E-state index contributed by atoms with van der Waals surface area (Å²) in [6, 6.07) is 0.0107. The first-order valence-corrected chi connectivity index (χ1v) is 10.3. The number of rotatable bonds is 5. The fourth-order valence-corrected chi connectivity index (χ4v) is 4.75. The molecule has 0 aromatic carbocycles. The van der Waals surface area contributed by atoms with Crippen molar-refractivity contribution in [3.63, 3.8) is 0 Å². The van der Waals surface area contributed by atoms with Gasteiger partial charge in [-0.1, -0.05) is 13.8 Å². The lowest BCUT2D eigenvalue weighted by molar-refractivity contribution is -0.149. The lowest BCUT2D eigenvalue weighted by atomic mass is 9.80. The number of likely N-dealkylation sites (tertiary alicyclic amines) is 1. The molecule has 0 aromatic rings. The second kappa shape index (κ2) is 8.36. The molecular formula is C20H36N2O3. The van der Waals surface area contributed by atoms with E-state index in [-0.39, 0.29) is 30.0 Å². The van der Waals surface area contributed by atoms with Crippen LogP contribution in [0, 0.1) is 17.8 Å². The van der Waals surface area contributed by atoms with E-state index in [9.17, 15) is 9.90 Å². The van der Waals surface area contributed by atoms with Gasteiger partial charge in [-0.2, -0.15) is 0 Å². The highest BCUT2D eigenvalue weighted by atomic mass is 16.5. The molecule has 5 heteroatoms. The van der Waals surface area contributed by atoms with Crippen LogP contribution in [0.2, 0.25) is 0 Å². The van der Waals surface area contributed by atoms with Crippen molar-refractivity contribution in [2.45, 2.75) is 89.5 Å². The molecule has 2 atom stereocenters. The van der Waals surface area contributed by atoms with Gasteiger partial charge >= 0.3 is 0 Å². The minimum absolute atomic E-state index is 0.00168. The van der Waals surface area contributed by atoms with Crippen molar-refractivity contribution in [2.75, 3.05) is 13.2 Å². The second-order valence-corrected chi connectivity index (χ2v) is 8.84. The minimum atomic E-state index is -0.293. The minimum Gasteiger partial charge on any atom is -0.393 e. The fraction of sp³-hybridized carbons (Fsp3) is 0.950. The lowest BCUT2D eigenvalue weighted by Crippen LogP contribution is -2.59. The summed E-state index contributed by atoms with van der Waals surface area (Å²) in [7, 11) is 0. The topological polar surface area (TPSA) is 75.8 Å². The number of ether oxygens (including phenoxy) is 1. The van der Waals surface area contributed by atoms with Gasteiger partial charge in [-0.25, -0.2) is 0 Å². The predicted octanol–water partition coefficient (Wildman–Crippen LogP) is 2.31. The molecule has 3 aliphatic rings. The van der Waals surface area contributed by atoms with Crippen molar-refractivity contribution in [1.82, 2.24) is 4.90 Å². The third-order valence-corrected chi connectivity index (χ3v) is 6.74. The molecule has 0 unspecified atom stereocenters. The van der Waals surface area contributed by atoms with E-state index in [4.69, 9.17) is 10.5 Å². The van der Waals surface area contributed by atoms with E-state index < -0.39 is 0 Å². The number of carbonyl (C=O) groups is 1. The highest BCUT2D eigenvalue weighted by Gasteiger charge is 2.41. The lowest BCUT2D eigenvalue weighted by Gasteiger charge is -2.44. The Kier molecular flexibility index (Phi) is 6.39. The standard InChI is InChI=1S/C20H36N2O3/c1-13(2)14-5-7-17(8-6-14)25-12-19-18(21)4-3-9-22(19)20(24)15-10-16(23)11-15/h13-19,23H,3-12,21H2,1-2H3/t14-,15?,16?,17+,18-,19-/m0/s1. The summed E-state index contributed by atoms with van der Waals surface area (Å²) in [5.74, 6) is 1.76. The van der Waals surface area contributed by atoms with Crippen LogP contribution < -0.4 is 5.73 Å². The zero-order valence-corrected chi connectivity index (χ0v) is 15.9. The zero-order chi connectivity index (χ0) is 18.0. The summed E-state index contributed by atoms with van der Waals surface area (Å²) < 4.78 is 6.23. The molecule has 2 saturated carbocycles. The van der Waals surface area contributed by atoms with Gasteiger partial charge in [-0.05, 0) is 63.2 Å². The maximum absolute atomic E-state index is 12.8. The number of hydrogen-bond acceptors (Lipinski definition) is 4. The van der Waals surface area contributed by atoms with Crippen LogP contribution in [-0.4, -0.2) is 53.4 Å². The van der Waals surface area contributed by atoms with Gasteiger partial charge in [-0.3, -0.25) is 4.79 Å². The molecule has 0 bridgehead atoms. The average Bonchev–Trinajstić information content (AvgIpc) is 2.57. The molecule has 144 valence electrons. The van der Waals surface area contributed by atoms with Crippen LogP contribution >= 0.6 is 0 Å². The molecule has 2 aliphatic carbocycles. The molecule has 3 N–H and O–H groups in total. The largest absolute Gasteiger partial charge is 0.393 e. The highest BCUT2D eigenvalue weighted by Crippen LogP contribution is 2.33. The molecule has 0 radical (unpaired) electrons. The smallest absolute Gasteiger partial charge is 0.226 e. The van der Waals surface area contributed by atoms with E-state index in [0.29, 0.717) is 25.6 Å². The van der Waals surface area contributed by atoms with Crippen LogP contribution in [0.1, 0.15) is 65.2 Å². The van der Waals surface area contributed by atoms with E-state index in [1.54, 1.807) is 0 Å². The van der Waals surface area contributed by atoms with E-state index in [1.165, 1.54) is 12.8 Å². The Bertz CT molecular complexity index is 442. The summed E-state index contributed by atoms with van der Waals surface area (Å²) in [6.07, 6.45) is 7.95. The van der Waals surface area contributed by atoms with Gasteiger partial charge in [0.1, 0.15) is 0 Å². The average molecular weight is 353 g/mol. The monoisotopic (exact) mass is 352 g/mol. The molecule has 5 nitrogen and oxygen atoms in total. The Morgan fingerprint density at radius 1 is 1.20 bits per heavy atom. The number of nitrogens with zero attached hydrogens (tertiary/aromatic N) is 1. The molecule has 1 heterocycles. The molecule has 0 spiro atoms. The van der Waals surface area contributed by atoms with Gasteiger partial charge in [-0.15, -0.1) is 0 Å². The van der Waals surface area contributed by atoms with Crippen LogP contribution in [0.25, 0.3) is 0 Å². The Hall–Kier alpha value is -0.650. The quantitative estimate of drug-likeness (QED) is 0.796. The fourth-order valence-electron chi connectivity index (χ4n) is 4.75. The molecule has 1 saturated heterocycles. The number of hydrogen-bond donors (Lipinski definition) is 2. The van der Waals surface area contributed by atoms with Gasteiger partial charge in [0.25, 0.3) is 0 Å². The van der Waals surface area contributed by atoms with Crippen LogP contribution in [0.5, 0.6) is 0 Å². The normalized spacial score (nSPS) is 39.3. The van der Waals surface area contributed by atoms with Crippen molar-refractivity contribution < 1.29 is 14.6 Å². The van der Waals surface area contributed by atoms with Crippen LogP contribution in [0.15, 0.2) is 0 Å². The Labute approximate surface area is 152 Å². The number of aliphatic hydroxyl groups excluding tert-OH is 1. The summed E-state index contributed by atoms with van der Waals surface area (Å²) in [5.41, 5.74) is 6.35. The van der Waals surface area contributed by atoms with Gasteiger partial charge in [0.05, 0.1) is 24.9 Å². The van der Waals surface area contributed by atoms with Crippen LogP contribution in [0.3, 0.4) is 0 Å². The third-order valence-electron chi connectivity index (χ3n) is 6.74. The molecule has 1 amide bonds. The number of carbonyl (C=O) groups excluding carboxylic acids is 1. The van der Waals surface area contributed by atoms with E-state index in [1.807, 2.05) is 4.90 Å². The van der Waals surface area contributed by atoms with Crippen molar-refractivity contribution >= 4 is 5.91 Å². The Balaban J connectivity index is 1.51. The first-order valence-electron chi connectivity index (χ1n) is 10.3. The van der Waals surface area contributed by atoms with Gasteiger partial charge in [0.15, 0.2) is 0 Å². The first-order chi connectivity index (χ1) is 12.0. The molecule has 3 rings (SSSR count). The summed E-state index contributed by atoms with van der Waals surface area (Å²) in [4.78, 5) is 14.7. The van der Waals surface area contributed by atoms with Crippen molar-refractivity contribution in [1.29, 1.82) is 0 Å². The molecule has 25 heavy (non-hydrogen) atoms. The summed E-state index contributed by atoms with van der Waals surface area (Å²) >= 11 is 0. The highest BCUT2D eigenvalue weighted by molar-refractivity contribution is 5.80. The second-order valence-electron chi connectivity index (χ2n) is 8.84. The zero-order valence-electron chi connectivity index (χ0n) is 15.9. The maximum Gasteiger partial charge on any atom is 0.226 e. The van der Waals surface area contributed by atoms with Crippen LogP contribution in [0.4, 0.5) is 0 Å². The van der Waals surface area contributed by atoms with E-state index >= 15 is 0 Å². The van der Waals surface area contributed by atoms with Crippen LogP contribution in [-0.2, 0) is 9.53 Å². The number of aliphatic hydroxyl groups is 1. The summed E-state index contributed by atoms with van der Waals surface area (Å²) in [6.45, 7) is 5.98. The molecule has 1 aliphatic heterocycles. The molecular weight excluding hydrogens is 316 g/mol. The number of piperidine rings is 1. The first kappa shape index (κ1) is 19.1. The third kappa shape index (κ3) is 4.55. The van der Waals surface area contributed by atoms with E-state index in [2.05, 4.69) is 13.8 Å². The van der Waals surface area contributed by atoms with Gasteiger partial charge in [0.2, 0.25) is 5.91 Å². The van der Waals surface area contributed by atoms with E-state index in [0.717, 1.165) is 44.1 Å². The Morgan fingerprint density at radius 2 is 1.88 bits per heavy atom. The number of nitrogens with two attached hydrogens (primary N) is 1. The number of amides is 1. The summed E-state index contributed by atoms with van der Waals surface area (Å²) in [5, 5.41) is 9.50. The SMILES string of the molecule is CC(C)[C@H]1CC[C@@H](OC[C@H]2[C@@H](N)CCCN2C(=O)C2CC(O)C2)CC1. The van der Waals surface area contributed by atoms with Crippen molar-refractivity contribution in [3.05, 3.63) is 0 Å².